The highest BCUT2D eigenvalue weighted by Gasteiger charge is 2.67. The van der Waals surface area contributed by atoms with Crippen LogP contribution in [0.3, 0.4) is 0 Å². The summed E-state index contributed by atoms with van der Waals surface area (Å²) in [6, 6.07) is 16.7. The van der Waals surface area contributed by atoms with Gasteiger partial charge in [0.1, 0.15) is 17.2 Å². The molecule has 0 fully saturated rings. The number of aliphatic hydroxyl groups excluding tert-OH is 1. The van der Waals surface area contributed by atoms with Gasteiger partial charge in [-0.3, -0.25) is 4.79 Å². The minimum Gasteiger partial charge on any atom is -0.474 e. The molecule has 0 radical (unpaired) electrons. The SMILES string of the molecule is C[C@@H]1CCC=CC(=O)C(OCc2ccccc2)(C(F)(F)F)c2nnc(o2)-c2nc(c(C(F)(F)F)cc2N)O1.C[C@@H]1CCC=CC(O)C(OCc2ccccc2)(C(F)(F)F)c2nnc(o2)-c2nc(c(C(F)(F)F)cc2N)O1. The second kappa shape index (κ2) is 21.9. The number of ether oxygens (including phenoxy) is 4. The Labute approximate surface area is 421 Å². The third kappa shape index (κ3) is 11.9. The van der Waals surface area contributed by atoms with Crippen LogP contribution in [-0.4, -0.2) is 71.9 Å². The first kappa shape index (κ1) is 56.1. The molecule has 8 bridgehead atoms. The number of benzene rings is 2. The third-order valence-electron chi connectivity index (χ3n) is 11.4. The predicted octanol–water partition coefficient (Wildman–Crippen LogP) is 10.6. The van der Waals surface area contributed by atoms with Crippen LogP contribution in [0.4, 0.5) is 64.1 Å². The van der Waals surface area contributed by atoms with E-state index in [9.17, 15) is 62.6 Å². The van der Waals surface area contributed by atoms with E-state index in [0.717, 1.165) is 12.2 Å². The molecule has 2 aliphatic heterocycles. The molecular formula is C48H42F12N8O8. The standard InChI is InChI=1S/C24H22F6N4O4.C24H20F6N4O4/c2*1-13-7-5-6-10-17(35)22(24(28,29)30,36-12-14-8-3-2-4-9-14)21-34-33-20(38-21)18-16(31)11-15(23(25,26)27)19(32-18)37-13/h2-4,6,8-11,13,17,35H,5,7,12,31H2,1H3;2-4,6,8-11,13H,5,7,12,31H2,1H3/t13-,17?,22?;13-,22?/m11/s1. The fraction of sp³-hybridized carbons (Fsp3) is 0.354. The molecular weight excluding hydrogens is 1040 g/mol. The first-order chi connectivity index (χ1) is 35.7. The number of nitrogens with two attached hydrogens (primary N) is 2. The van der Waals surface area contributed by atoms with Gasteiger partial charge in [0.2, 0.25) is 17.5 Å². The number of halogens is 12. The molecule has 5 N–H and O–H groups in total. The summed E-state index contributed by atoms with van der Waals surface area (Å²) in [5.41, 5.74) is 0.0554. The normalized spacial score (nSPS) is 21.6. The number of aliphatic hydroxyl groups is 1. The molecule has 4 aromatic heterocycles. The van der Waals surface area contributed by atoms with E-state index in [4.69, 9.17) is 39.2 Å². The van der Waals surface area contributed by atoms with Crippen molar-refractivity contribution < 1.29 is 90.4 Å². The Bertz CT molecular complexity index is 3040. The summed E-state index contributed by atoms with van der Waals surface area (Å²) in [5, 5.41) is 24.7. The van der Waals surface area contributed by atoms with Gasteiger partial charge in [0.15, 0.2) is 11.4 Å². The summed E-state index contributed by atoms with van der Waals surface area (Å²) in [6.45, 7) is 1.64. The van der Waals surface area contributed by atoms with Crippen LogP contribution in [0.15, 0.2) is 106 Å². The van der Waals surface area contributed by atoms with Crippen LogP contribution in [0.1, 0.15) is 73.6 Å². The second-order valence-electron chi connectivity index (χ2n) is 17.0. The Balaban J connectivity index is 0.000000221. The van der Waals surface area contributed by atoms with Gasteiger partial charge in [-0.2, -0.15) is 52.7 Å². The fourth-order valence-corrected chi connectivity index (χ4v) is 7.47. The molecule has 5 atom stereocenters. The van der Waals surface area contributed by atoms with Gasteiger partial charge in [0.05, 0.1) is 36.8 Å². The number of aromatic nitrogens is 6. The van der Waals surface area contributed by atoms with Crippen LogP contribution in [0.25, 0.3) is 23.2 Å². The monoisotopic (exact) mass is 1090 g/mol. The van der Waals surface area contributed by atoms with Crippen molar-refractivity contribution >= 4 is 17.2 Å². The van der Waals surface area contributed by atoms with Gasteiger partial charge >= 0.3 is 30.3 Å². The summed E-state index contributed by atoms with van der Waals surface area (Å²) in [5.74, 6) is -7.24. The van der Waals surface area contributed by atoms with E-state index in [0.29, 0.717) is 29.3 Å². The zero-order chi connectivity index (χ0) is 55.4. The molecule has 406 valence electrons. The van der Waals surface area contributed by atoms with Gasteiger partial charge in [-0.05, 0) is 68.9 Å². The Morgan fingerprint density at radius 1 is 0.632 bits per heavy atom. The van der Waals surface area contributed by atoms with Gasteiger partial charge in [-0.15, -0.1) is 20.4 Å². The molecule has 8 rings (SSSR count). The van der Waals surface area contributed by atoms with E-state index >= 15 is 0 Å². The van der Waals surface area contributed by atoms with E-state index in [1.54, 1.807) is 36.4 Å². The molecule has 16 nitrogen and oxygen atoms in total. The topological polar surface area (TPSA) is 230 Å². The van der Waals surface area contributed by atoms with Crippen LogP contribution in [-0.2, 0) is 51.0 Å². The first-order valence-corrected chi connectivity index (χ1v) is 22.5. The van der Waals surface area contributed by atoms with E-state index < -0.39 is 142 Å². The number of anilines is 2. The van der Waals surface area contributed by atoms with Gasteiger partial charge in [-0.1, -0.05) is 78.9 Å². The summed E-state index contributed by atoms with van der Waals surface area (Å²) < 4.78 is 202. The summed E-state index contributed by atoms with van der Waals surface area (Å²) in [4.78, 5) is 20.6. The molecule has 0 aliphatic carbocycles. The number of nitrogen functional groups attached to an aromatic ring is 2. The number of allylic oxidation sites excluding steroid dienone is 2. The lowest BCUT2D eigenvalue weighted by atomic mass is 9.94. The molecule has 76 heavy (non-hydrogen) atoms. The molecule has 6 aromatic rings. The number of nitrogens with zero attached hydrogens (tertiary/aromatic N) is 6. The first-order valence-electron chi connectivity index (χ1n) is 22.5. The Hall–Kier alpha value is -7.59. The lowest BCUT2D eigenvalue weighted by Crippen LogP contribution is -2.53. The fourth-order valence-electron chi connectivity index (χ4n) is 7.47. The van der Waals surface area contributed by atoms with Gasteiger partial charge in [0.25, 0.3) is 29.2 Å². The van der Waals surface area contributed by atoms with E-state index in [1.807, 2.05) is 0 Å². The number of carbonyl (C=O) groups excluding carboxylic acids is 1. The molecule has 6 heterocycles. The quantitative estimate of drug-likeness (QED) is 0.104. The maximum Gasteiger partial charge on any atom is 0.434 e. The summed E-state index contributed by atoms with van der Waals surface area (Å²) >= 11 is 0. The number of rotatable bonds is 6. The highest BCUT2D eigenvalue weighted by molar-refractivity contribution is 5.98. The van der Waals surface area contributed by atoms with Gasteiger partial charge < -0.3 is 44.4 Å². The average molecular weight is 1090 g/mol. The highest BCUT2D eigenvalue weighted by Crippen LogP contribution is 2.49. The second-order valence-corrected chi connectivity index (χ2v) is 17.0. The Kier molecular flexibility index (Phi) is 16.2. The van der Waals surface area contributed by atoms with Crippen molar-refractivity contribution in [3.05, 3.63) is 131 Å². The van der Waals surface area contributed by atoms with E-state index in [-0.39, 0.29) is 25.7 Å². The zero-order valence-electron chi connectivity index (χ0n) is 39.4. The molecule has 0 amide bonds. The van der Waals surface area contributed by atoms with Crippen molar-refractivity contribution in [2.45, 2.75) is 107 Å². The molecule has 2 aromatic carbocycles. The zero-order valence-corrected chi connectivity index (χ0v) is 39.4. The largest absolute Gasteiger partial charge is 0.474 e. The minimum absolute atomic E-state index is 0.0161. The Morgan fingerprint density at radius 3 is 1.54 bits per heavy atom. The summed E-state index contributed by atoms with van der Waals surface area (Å²) in [6.07, 6.45) is -20.5. The number of ketones is 1. The number of hydrogen-bond acceptors (Lipinski definition) is 16. The van der Waals surface area contributed by atoms with E-state index in [2.05, 4.69) is 30.4 Å². The molecule has 28 heteroatoms. The molecule has 0 saturated heterocycles. The predicted molar refractivity (Wildman–Crippen MR) is 240 cm³/mol. The van der Waals surface area contributed by atoms with Gasteiger partial charge in [-0.25, -0.2) is 9.97 Å². The molecule has 0 saturated carbocycles. The lowest BCUT2D eigenvalue weighted by Gasteiger charge is -2.35. The van der Waals surface area contributed by atoms with Crippen LogP contribution >= 0.6 is 0 Å². The van der Waals surface area contributed by atoms with Crippen molar-refractivity contribution in [2.24, 2.45) is 0 Å². The molecule has 3 unspecified atom stereocenters. The number of alkyl halides is 12. The maximum absolute atomic E-state index is 14.7. The summed E-state index contributed by atoms with van der Waals surface area (Å²) in [7, 11) is 0. The molecule has 0 spiro atoms. The van der Waals surface area contributed by atoms with Crippen molar-refractivity contribution in [2.75, 3.05) is 11.5 Å². The smallest absolute Gasteiger partial charge is 0.434 e. The Morgan fingerprint density at radius 2 is 1.08 bits per heavy atom. The van der Waals surface area contributed by atoms with Gasteiger partial charge in [0, 0.05) is 0 Å². The van der Waals surface area contributed by atoms with Crippen molar-refractivity contribution in [3.8, 4) is 34.9 Å². The van der Waals surface area contributed by atoms with E-state index in [1.165, 1.54) is 44.2 Å². The van der Waals surface area contributed by atoms with Crippen LogP contribution in [0.5, 0.6) is 11.8 Å². The number of hydrogen-bond donors (Lipinski definition) is 3. The van der Waals surface area contributed by atoms with Crippen molar-refractivity contribution in [1.29, 1.82) is 0 Å². The number of fused-ring (bicyclic) bond motifs is 10. The minimum atomic E-state index is -5.38. The average Bonchev–Trinajstić information content (AvgIpc) is 4.05. The van der Waals surface area contributed by atoms with Crippen LogP contribution < -0.4 is 20.9 Å². The molecule has 2 aliphatic rings. The van der Waals surface area contributed by atoms with Crippen molar-refractivity contribution in [1.82, 2.24) is 30.4 Å². The maximum atomic E-state index is 14.7. The third-order valence-corrected chi connectivity index (χ3v) is 11.4. The van der Waals surface area contributed by atoms with Crippen LogP contribution in [0.2, 0.25) is 0 Å². The van der Waals surface area contributed by atoms with Crippen molar-refractivity contribution in [3.63, 3.8) is 0 Å². The highest BCUT2D eigenvalue weighted by atomic mass is 19.4. The number of carbonyl (C=O) groups is 1. The van der Waals surface area contributed by atoms with Crippen LogP contribution in [0, 0.1) is 0 Å². The number of pyridine rings is 2. The lowest BCUT2D eigenvalue weighted by molar-refractivity contribution is -0.319.